The number of hydrogen-bond donors (Lipinski definition) is 1. The van der Waals surface area contributed by atoms with Crippen LogP contribution in [0.25, 0.3) is 0 Å². The maximum atomic E-state index is 3.59. The van der Waals surface area contributed by atoms with Gasteiger partial charge in [-0.25, -0.2) is 0 Å². The van der Waals surface area contributed by atoms with Gasteiger partial charge in [-0.15, -0.1) is 0 Å². The molecule has 1 aliphatic carbocycles. The van der Waals surface area contributed by atoms with Crippen LogP contribution in [0.5, 0.6) is 0 Å². The number of hydrogen-bond acceptors (Lipinski definition) is 1. The molecule has 11 heavy (non-hydrogen) atoms. The minimum Gasteiger partial charge on any atom is -0.314 e. The fourth-order valence-electron chi connectivity index (χ4n) is 1.92. The molecule has 0 aromatic rings. The molecule has 1 unspecified atom stereocenters. The fraction of sp³-hybridized carbons (Fsp3) is 1.00. The van der Waals surface area contributed by atoms with Crippen LogP contribution in [0.1, 0.15) is 46.0 Å². The molecule has 0 aliphatic heterocycles. The highest BCUT2D eigenvalue weighted by Crippen LogP contribution is 2.31. The first kappa shape index (κ1) is 9.05. The Hall–Kier alpha value is -0.0400. The highest BCUT2D eigenvalue weighted by atomic mass is 14.9. The van der Waals surface area contributed by atoms with Gasteiger partial charge >= 0.3 is 0 Å². The minimum absolute atomic E-state index is 0.832. The average Bonchev–Trinajstić information content (AvgIpc) is 1.85. The first-order chi connectivity index (χ1) is 5.38. The molecule has 0 saturated heterocycles. The molecule has 0 bridgehead atoms. The number of nitrogens with one attached hydrogen (secondary N) is 1. The van der Waals surface area contributed by atoms with Gasteiger partial charge < -0.3 is 5.32 Å². The molecule has 0 aromatic carbocycles. The van der Waals surface area contributed by atoms with Crippen molar-refractivity contribution in [1.82, 2.24) is 5.32 Å². The molecule has 0 radical (unpaired) electrons. The van der Waals surface area contributed by atoms with Gasteiger partial charge in [-0.05, 0) is 31.7 Å². The summed E-state index contributed by atoms with van der Waals surface area (Å²) in [6, 6.07) is 0.832. The zero-order valence-electron chi connectivity index (χ0n) is 7.90. The van der Waals surface area contributed by atoms with E-state index < -0.39 is 0 Å². The summed E-state index contributed by atoms with van der Waals surface area (Å²) in [5.74, 6) is 1.01. The average molecular weight is 155 g/mol. The van der Waals surface area contributed by atoms with Crippen molar-refractivity contribution < 1.29 is 0 Å². The highest BCUT2D eigenvalue weighted by Gasteiger charge is 2.25. The lowest BCUT2D eigenvalue weighted by molar-refractivity contribution is 0.221. The van der Waals surface area contributed by atoms with Crippen LogP contribution in [0.3, 0.4) is 0 Å². The van der Waals surface area contributed by atoms with E-state index in [1.54, 1.807) is 0 Å². The topological polar surface area (TPSA) is 12.0 Å². The normalized spacial score (nSPS) is 21.3. The molecule has 1 saturated carbocycles. The van der Waals surface area contributed by atoms with E-state index in [9.17, 15) is 0 Å². The fourth-order valence-corrected chi connectivity index (χ4v) is 1.92. The quantitative estimate of drug-likeness (QED) is 0.643. The molecule has 0 amide bonds. The summed E-state index contributed by atoms with van der Waals surface area (Å²) in [6.45, 7) is 5.63. The molecule has 1 fully saturated rings. The van der Waals surface area contributed by atoms with Crippen LogP contribution in [0.15, 0.2) is 0 Å². The second-order valence-electron chi connectivity index (χ2n) is 3.64. The van der Waals surface area contributed by atoms with Crippen LogP contribution in [0, 0.1) is 5.92 Å². The minimum atomic E-state index is 0.832. The Balaban J connectivity index is 2.19. The molecule has 0 spiro atoms. The lowest BCUT2D eigenvalue weighted by atomic mass is 9.78. The summed E-state index contributed by atoms with van der Waals surface area (Å²) < 4.78 is 0. The summed E-state index contributed by atoms with van der Waals surface area (Å²) in [7, 11) is 0. The van der Waals surface area contributed by atoms with Gasteiger partial charge in [-0.3, -0.25) is 0 Å². The van der Waals surface area contributed by atoms with Gasteiger partial charge in [0.25, 0.3) is 0 Å². The van der Waals surface area contributed by atoms with Crippen molar-refractivity contribution in [1.29, 1.82) is 0 Å². The standard InChI is InChI=1S/C10H21N/c1-3-6-10(11-4-2)9-7-5-8-9/h9-11H,3-8H2,1-2H3. The number of rotatable bonds is 5. The summed E-state index contributed by atoms with van der Waals surface area (Å²) in [5, 5.41) is 3.59. The Morgan fingerprint density at radius 1 is 1.36 bits per heavy atom. The summed E-state index contributed by atoms with van der Waals surface area (Å²) in [4.78, 5) is 0. The van der Waals surface area contributed by atoms with Gasteiger partial charge in [-0.2, -0.15) is 0 Å². The van der Waals surface area contributed by atoms with E-state index in [1.807, 2.05) is 0 Å². The van der Waals surface area contributed by atoms with Gasteiger partial charge in [0, 0.05) is 6.04 Å². The third-order valence-electron chi connectivity index (χ3n) is 2.78. The molecule has 1 aliphatic rings. The smallest absolute Gasteiger partial charge is 0.00951 e. The van der Waals surface area contributed by atoms with Crippen LogP contribution in [-0.4, -0.2) is 12.6 Å². The molecule has 1 atom stereocenters. The molecule has 1 N–H and O–H groups in total. The highest BCUT2D eigenvalue weighted by molar-refractivity contribution is 4.81. The van der Waals surface area contributed by atoms with Crippen LogP contribution in [-0.2, 0) is 0 Å². The zero-order valence-corrected chi connectivity index (χ0v) is 7.90. The largest absolute Gasteiger partial charge is 0.314 e. The maximum absolute atomic E-state index is 3.59. The molecule has 1 nitrogen and oxygen atoms in total. The van der Waals surface area contributed by atoms with Gasteiger partial charge in [0.1, 0.15) is 0 Å². The van der Waals surface area contributed by atoms with Gasteiger partial charge in [0.2, 0.25) is 0 Å². The van der Waals surface area contributed by atoms with Crippen molar-refractivity contribution in [2.24, 2.45) is 5.92 Å². The lowest BCUT2D eigenvalue weighted by Crippen LogP contribution is -2.39. The molecular weight excluding hydrogens is 134 g/mol. The predicted octanol–water partition coefficient (Wildman–Crippen LogP) is 2.56. The van der Waals surface area contributed by atoms with Crippen molar-refractivity contribution in [2.75, 3.05) is 6.54 Å². The van der Waals surface area contributed by atoms with E-state index in [0.29, 0.717) is 0 Å². The molecular formula is C10H21N. The second-order valence-corrected chi connectivity index (χ2v) is 3.64. The van der Waals surface area contributed by atoms with Crippen molar-refractivity contribution >= 4 is 0 Å². The first-order valence-corrected chi connectivity index (χ1v) is 5.11. The third-order valence-corrected chi connectivity index (χ3v) is 2.78. The molecule has 0 aromatic heterocycles. The summed E-state index contributed by atoms with van der Waals surface area (Å²) in [6.07, 6.45) is 7.11. The van der Waals surface area contributed by atoms with E-state index in [0.717, 1.165) is 18.5 Å². The zero-order chi connectivity index (χ0) is 8.10. The molecule has 66 valence electrons. The molecule has 1 rings (SSSR count). The Morgan fingerprint density at radius 3 is 2.45 bits per heavy atom. The summed E-state index contributed by atoms with van der Waals surface area (Å²) >= 11 is 0. The monoisotopic (exact) mass is 155 g/mol. The van der Waals surface area contributed by atoms with Crippen molar-refractivity contribution in [3.63, 3.8) is 0 Å². The second kappa shape index (κ2) is 4.76. The Morgan fingerprint density at radius 2 is 2.09 bits per heavy atom. The van der Waals surface area contributed by atoms with Crippen molar-refractivity contribution in [3.05, 3.63) is 0 Å². The third kappa shape index (κ3) is 2.48. The van der Waals surface area contributed by atoms with Crippen molar-refractivity contribution in [2.45, 2.75) is 52.0 Å². The molecule has 0 heterocycles. The van der Waals surface area contributed by atoms with Crippen LogP contribution in [0.4, 0.5) is 0 Å². The molecule has 1 heteroatoms. The summed E-state index contributed by atoms with van der Waals surface area (Å²) in [5.41, 5.74) is 0. The van der Waals surface area contributed by atoms with E-state index >= 15 is 0 Å². The van der Waals surface area contributed by atoms with Crippen LogP contribution in [0.2, 0.25) is 0 Å². The van der Waals surface area contributed by atoms with Gasteiger partial charge in [0.05, 0.1) is 0 Å². The van der Waals surface area contributed by atoms with Gasteiger partial charge in [-0.1, -0.05) is 26.7 Å². The van der Waals surface area contributed by atoms with Crippen LogP contribution < -0.4 is 5.32 Å². The Bertz CT molecular complexity index is 91.0. The Kier molecular flexibility index (Phi) is 3.92. The van der Waals surface area contributed by atoms with E-state index in [-0.39, 0.29) is 0 Å². The maximum Gasteiger partial charge on any atom is 0.00951 e. The SMILES string of the molecule is CCCC(NCC)C1CCC1. The van der Waals surface area contributed by atoms with Crippen molar-refractivity contribution in [3.8, 4) is 0 Å². The van der Waals surface area contributed by atoms with E-state index in [4.69, 9.17) is 0 Å². The first-order valence-electron chi connectivity index (χ1n) is 5.11. The van der Waals surface area contributed by atoms with E-state index in [1.165, 1.54) is 32.1 Å². The van der Waals surface area contributed by atoms with E-state index in [2.05, 4.69) is 19.2 Å². The van der Waals surface area contributed by atoms with Crippen LogP contribution >= 0.6 is 0 Å². The lowest BCUT2D eigenvalue weighted by Gasteiger charge is -2.34. The Labute approximate surface area is 70.6 Å². The van der Waals surface area contributed by atoms with Gasteiger partial charge in [0.15, 0.2) is 0 Å². The predicted molar refractivity (Wildman–Crippen MR) is 49.7 cm³/mol.